The number of aliphatic imine (C=N–C) groups is 1. The monoisotopic (exact) mass is 475 g/mol. The second-order valence-corrected chi connectivity index (χ2v) is 6.30. The number of hydrogen-bond donors (Lipinski definition) is 1. The molecular formula is C18H26IN3O2S. The minimum absolute atomic E-state index is 0. The van der Waals surface area contributed by atoms with Gasteiger partial charge in [0.2, 0.25) is 0 Å². The van der Waals surface area contributed by atoms with Crippen molar-refractivity contribution >= 4 is 41.3 Å². The first-order chi connectivity index (χ1) is 11.6. The van der Waals surface area contributed by atoms with Gasteiger partial charge in [-0.05, 0) is 41.4 Å². The zero-order chi connectivity index (χ0) is 17.4. The third-order valence-corrected chi connectivity index (χ3v) is 4.23. The number of hydrogen-bond acceptors (Lipinski definition) is 4. The topological polar surface area (TPSA) is 46.1 Å². The number of thiophene rings is 1. The molecule has 0 aliphatic rings. The van der Waals surface area contributed by atoms with E-state index in [4.69, 9.17) is 9.47 Å². The molecule has 2 rings (SSSR count). The third-order valence-electron chi connectivity index (χ3n) is 3.50. The standard InChI is InChI=1S/C18H25N3O2S.HI/c1-14(23-17-7-5-6-16(10-17)22-4)11-20-18(19-2)21(3)12-15-8-9-24-13-15;/h5-10,13-14H,11-12H2,1-4H3,(H,19,20);1H. The molecule has 0 amide bonds. The van der Waals surface area contributed by atoms with Crippen LogP contribution < -0.4 is 14.8 Å². The summed E-state index contributed by atoms with van der Waals surface area (Å²) in [6, 6.07) is 9.76. The number of rotatable bonds is 7. The first-order valence-corrected chi connectivity index (χ1v) is 8.80. The lowest BCUT2D eigenvalue weighted by Crippen LogP contribution is -2.42. The molecule has 7 heteroatoms. The summed E-state index contributed by atoms with van der Waals surface area (Å²) in [4.78, 5) is 6.43. The van der Waals surface area contributed by atoms with E-state index in [0.29, 0.717) is 6.54 Å². The first-order valence-electron chi connectivity index (χ1n) is 7.86. The van der Waals surface area contributed by atoms with E-state index in [1.807, 2.05) is 38.2 Å². The van der Waals surface area contributed by atoms with E-state index in [1.165, 1.54) is 5.56 Å². The minimum Gasteiger partial charge on any atom is -0.497 e. The number of benzene rings is 1. The SMILES string of the molecule is CN=C(NCC(C)Oc1cccc(OC)c1)N(C)Cc1ccsc1.I. The van der Waals surface area contributed by atoms with E-state index < -0.39 is 0 Å². The van der Waals surface area contributed by atoms with Crippen molar-refractivity contribution in [2.45, 2.75) is 19.6 Å². The van der Waals surface area contributed by atoms with Crippen LogP contribution in [-0.4, -0.2) is 44.7 Å². The Morgan fingerprint density at radius 3 is 2.72 bits per heavy atom. The van der Waals surface area contributed by atoms with Gasteiger partial charge in [-0.15, -0.1) is 24.0 Å². The number of methoxy groups -OCH3 is 1. The molecule has 138 valence electrons. The van der Waals surface area contributed by atoms with Crippen molar-refractivity contribution in [1.82, 2.24) is 10.2 Å². The molecule has 1 heterocycles. The van der Waals surface area contributed by atoms with E-state index in [9.17, 15) is 0 Å². The van der Waals surface area contributed by atoms with E-state index in [0.717, 1.165) is 24.0 Å². The summed E-state index contributed by atoms with van der Waals surface area (Å²) in [6.07, 6.45) is 0.00315. The van der Waals surface area contributed by atoms with Crippen molar-refractivity contribution in [1.29, 1.82) is 0 Å². The van der Waals surface area contributed by atoms with Gasteiger partial charge in [0.1, 0.15) is 17.6 Å². The Hall–Kier alpha value is -1.48. The largest absolute Gasteiger partial charge is 0.497 e. The average molecular weight is 475 g/mol. The molecular weight excluding hydrogens is 449 g/mol. The molecule has 0 fully saturated rings. The number of halogens is 1. The van der Waals surface area contributed by atoms with Crippen LogP contribution in [0.1, 0.15) is 12.5 Å². The number of nitrogens with one attached hydrogen (secondary N) is 1. The van der Waals surface area contributed by atoms with Gasteiger partial charge in [-0.25, -0.2) is 0 Å². The summed E-state index contributed by atoms with van der Waals surface area (Å²) in [5.74, 6) is 2.44. The lowest BCUT2D eigenvalue weighted by Gasteiger charge is -2.23. The molecule has 0 spiro atoms. The highest BCUT2D eigenvalue weighted by Crippen LogP contribution is 2.19. The fraction of sp³-hybridized carbons (Fsp3) is 0.389. The van der Waals surface area contributed by atoms with Crippen LogP contribution in [0.2, 0.25) is 0 Å². The Morgan fingerprint density at radius 2 is 2.08 bits per heavy atom. The maximum atomic E-state index is 5.92. The van der Waals surface area contributed by atoms with Gasteiger partial charge in [0.15, 0.2) is 5.96 Å². The minimum atomic E-state index is 0. The van der Waals surface area contributed by atoms with Gasteiger partial charge in [-0.3, -0.25) is 4.99 Å². The molecule has 1 aromatic heterocycles. The van der Waals surface area contributed by atoms with Crippen LogP contribution >= 0.6 is 35.3 Å². The van der Waals surface area contributed by atoms with E-state index in [1.54, 1.807) is 25.5 Å². The van der Waals surface area contributed by atoms with Gasteiger partial charge in [-0.1, -0.05) is 6.07 Å². The maximum absolute atomic E-state index is 5.92. The molecule has 0 aliphatic heterocycles. The van der Waals surface area contributed by atoms with Crippen LogP contribution in [0.3, 0.4) is 0 Å². The van der Waals surface area contributed by atoms with Gasteiger partial charge < -0.3 is 19.7 Å². The molecule has 0 aliphatic carbocycles. The average Bonchev–Trinajstić information content (AvgIpc) is 3.08. The maximum Gasteiger partial charge on any atom is 0.193 e. The first kappa shape index (κ1) is 21.6. The van der Waals surface area contributed by atoms with Crippen LogP contribution in [0.15, 0.2) is 46.1 Å². The number of nitrogens with zero attached hydrogens (tertiary/aromatic N) is 2. The van der Waals surface area contributed by atoms with Crippen LogP contribution in [0.25, 0.3) is 0 Å². The van der Waals surface area contributed by atoms with Crippen LogP contribution in [0.4, 0.5) is 0 Å². The summed E-state index contributed by atoms with van der Waals surface area (Å²) in [5.41, 5.74) is 1.28. The quantitative estimate of drug-likeness (QED) is 0.376. The predicted molar refractivity (Wildman–Crippen MR) is 116 cm³/mol. The molecule has 1 unspecified atom stereocenters. The van der Waals surface area contributed by atoms with Gasteiger partial charge in [0.25, 0.3) is 0 Å². The van der Waals surface area contributed by atoms with Crippen molar-refractivity contribution in [3.63, 3.8) is 0 Å². The van der Waals surface area contributed by atoms with Crippen LogP contribution in [0, 0.1) is 0 Å². The Bertz CT molecular complexity index is 650. The Balaban J connectivity index is 0.00000312. The Morgan fingerprint density at radius 1 is 1.32 bits per heavy atom. The smallest absolute Gasteiger partial charge is 0.193 e. The Kier molecular flexibility index (Phi) is 9.66. The second-order valence-electron chi connectivity index (χ2n) is 5.52. The second kappa shape index (κ2) is 11.2. The highest BCUT2D eigenvalue weighted by Gasteiger charge is 2.10. The lowest BCUT2D eigenvalue weighted by atomic mass is 10.3. The summed E-state index contributed by atoms with van der Waals surface area (Å²) in [7, 11) is 5.47. The number of ether oxygens (including phenoxy) is 2. The predicted octanol–water partition coefficient (Wildman–Crippen LogP) is 3.85. The third kappa shape index (κ3) is 7.11. The van der Waals surface area contributed by atoms with Gasteiger partial charge in [-0.2, -0.15) is 11.3 Å². The summed E-state index contributed by atoms with van der Waals surface area (Å²) in [5, 5.41) is 7.59. The fourth-order valence-corrected chi connectivity index (χ4v) is 2.96. The molecule has 1 atom stereocenters. The molecule has 2 aromatic rings. The van der Waals surface area contributed by atoms with Crippen molar-refractivity contribution in [2.75, 3.05) is 27.7 Å². The molecule has 1 N–H and O–H groups in total. The molecule has 0 radical (unpaired) electrons. The molecule has 0 saturated heterocycles. The van der Waals surface area contributed by atoms with Gasteiger partial charge >= 0.3 is 0 Å². The zero-order valence-electron chi connectivity index (χ0n) is 15.1. The molecule has 25 heavy (non-hydrogen) atoms. The zero-order valence-corrected chi connectivity index (χ0v) is 18.2. The highest BCUT2D eigenvalue weighted by atomic mass is 127. The molecule has 0 saturated carbocycles. The molecule has 0 bridgehead atoms. The van der Waals surface area contributed by atoms with Crippen molar-refractivity contribution in [3.8, 4) is 11.5 Å². The van der Waals surface area contributed by atoms with Gasteiger partial charge in [0.05, 0.1) is 13.7 Å². The Labute approximate surface area is 171 Å². The fourth-order valence-electron chi connectivity index (χ4n) is 2.30. The lowest BCUT2D eigenvalue weighted by molar-refractivity contribution is 0.221. The van der Waals surface area contributed by atoms with E-state index >= 15 is 0 Å². The normalized spacial score (nSPS) is 12.1. The van der Waals surface area contributed by atoms with Crippen LogP contribution in [-0.2, 0) is 6.54 Å². The summed E-state index contributed by atoms with van der Waals surface area (Å²) >= 11 is 1.71. The van der Waals surface area contributed by atoms with E-state index in [-0.39, 0.29) is 30.1 Å². The molecule has 1 aromatic carbocycles. The van der Waals surface area contributed by atoms with Crippen molar-refractivity contribution < 1.29 is 9.47 Å². The van der Waals surface area contributed by atoms with Gasteiger partial charge in [0, 0.05) is 26.7 Å². The number of guanidine groups is 1. The highest BCUT2D eigenvalue weighted by molar-refractivity contribution is 14.0. The summed E-state index contributed by atoms with van der Waals surface area (Å²) < 4.78 is 11.1. The molecule has 5 nitrogen and oxygen atoms in total. The van der Waals surface area contributed by atoms with Crippen LogP contribution in [0.5, 0.6) is 11.5 Å². The van der Waals surface area contributed by atoms with E-state index in [2.05, 4.69) is 32.0 Å². The van der Waals surface area contributed by atoms with Crippen molar-refractivity contribution in [2.24, 2.45) is 4.99 Å². The summed E-state index contributed by atoms with van der Waals surface area (Å²) in [6.45, 7) is 3.52. The van der Waals surface area contributed by atoms with Crippen molar-refractivity contribution in [3.05, 3.63) is 46.7 Å².